The summed E-state index contributed by atoms with van der Waals surface area (Å²) < 4.78 is 11.4. The predicted molar refractivity (Wildman–Crippen MR) is 378 cm³/mol. The predicted octanol–water partition coefficient (Wildman–Crippen LogP) is 24.4. The summed E-state index contributed by atoms with van der Waals surface area (Å²) in [7, 11) is 0. The van der Waals surface area contributed by atoms with Crippen molar-refractivity contribution < 1.29 is 9.47 Å². The summed E-state index contributed by atoms with van der Waals surface area (Å²) in [5, 5.41) is 0. The molecule has 0 unspecified atom stereocenters. The Bertz CT molecular complexity index is 2460. The van der Waals surface area contributed by atoms with Gasteiger partial charge in [-0.05, 0) is 327 Å². The van der Waals surface area contributed by atoms with Crippen molar-refractivity contribution in [2.24, 2.45) is 0 Å². The molecule has 2 heteroatoms. The van der Waals surface area contributed by atoms with Gasteiger partial charge in [0.1, 0.15) is 11.5 Å². The number of hydrogen-bond acceptors (Lipinski definition) is 2. The first-order chi connectivity index (χ1) is 40.5. The van der Waals surface area contributed by atoms with E-state index in [0.29, 0.717) is 13.2 Å². The molecule has 0 aromatic heterocycles. The topological polar surface area (TPSA) is 18.5 Å². The van der Waals surface area contributed by atoms with Gasteiger partial charge in [-0.3, -0.25) is 0 Å². The average Bonchev–Trinajstić information content (AvgIpc) is 3.49. The van der Waals surface area contributed by atoms with Crippen LogP contribution in [0.3, 0.4) is 0 Å². The van der Waals surface area contributed by atoms with Crippen molar-refractivity contribution in [3.63, 3.8) is 0 Å². The monoisotopic (exact) mass is 1140 g/mol. The minimum atomic E-state index is 0.667. The number of ether oxygens (including phenoxy) is 2. The van der Waals surface area contributed by atoms with Crippen LogP contribution in [0.4, 0.5) is 0 Å². The van der Waals surface area contributed by atoms with Gasteiger partial charge in [-0.15, -0.1) is 26.3 Å². The zero-order valence-electron chi connectivity index (χ0n) is 56.0. The van der Waals surface area contributed by atoms with Crippen LogP contribution < -0.4 is 9.47 Å². The van der Waals surface area contributed by atoms with Gasteiger partial charge in [0, 0.05) is 0 Å². The third kappa shape index (κ3) is 35.2. The van der Waals surface area contributed by atoms with Gasteiger partial charge in [0.15, 0.2) is 0 Å². The standard InChI is InChI=1S/C24H38.C22H30.C20H30.C16H22O2/c1-19(2)13-9-7-11-15-23-17-22(6)24(18-21(23)5)16-12-8-10-14-20(3)4;1-5-7-9-11-13-15-21-17-20(4)22(18-19(21)3)16-14-12-10-8-6-2;1-5-7-9-11-13-19-15-18(4)20(16-17(19)3)14-12-10-8-6-2;1-5-7-9-17-15-11-14(4)16(12-13(15)3)18-10-8-6-2/h13-14,17-18H,7-12,15-16H2,1-6H3;5-10,17-18H,1-2,11-16H2,3-4H3;5-6,15-16H,1-2,7-14H2,3-4H3;5-6,11-12H,1-2,7-10H2,3-4H3. The van der Waals surface area contributed by atoms with Gasteiger partial charge in [0.25, 0.3) is 0 Å². The maximum atomic E-state index is 5.70. The smallest absolute Gasteiger partial charge is 0.122 e. The maximum absolute atomic E-state index is 5.70. The van der Waals surface area contributed by atoms with E-state index < -0.39 is 0 Å². The average molecular weight is 1140 g/mol. The van der Waals surface area contributed by atoms with Crippen LogP contribution in [-0.2, 0) is 38.5 Å². The Labute approximate surface area is 518 Å². The fourth-order valence-corrected chi connectivity index (χ4v) is 10.1. The second kappa shape index (κ2) is 48.2. The third-order valence-electron chi connectivity index (χ3n) is 15.3. The van der Waals surface area contributed by atoms with Gasteiger partial charge >= 0.3 is 0 Å². The van der Waals surface area contributed by atoms with Crippen LogP contribution in [0.5, 0.6) is 11.5 Å². The molecule has 0 bridgehead atoms. The molecule has 0 atom stereocenters. The summed E-state index contributed by atoms with van der Waals surface area (Å²) in [6.07, 6.45) is 53.1. The Morgan fingerprint density at radius 3 is 0.821 bits per heavy atom. The molecule has 0 heterocycles. The Balaban J connectivity index is 0.000000563. The molecule has 0 spiro atoms. The summed E-state index contributed by atoms with van der Waals surface area (Å²) >= 11 is 0. The second-order valence-electron chi connectivity index (χ2n) is 23.6. The van der Waals surface area contributed by atoms with Crippen molar-refractivity contribution in [1.29, 1.82) is 0 Å². The molecule has 2 nitrogen and oxygen atoms in total. The molecule has 4 aromatic carbocycles. The highest BCUT2D eigenvalue weighted by molar-refractivity contribution is 5.45. The molecule has 460 valence electrons. The highest BCUT2D eigenvalue weighted by Crippen LogP contribution is 2.29. The Morgan fingerprint density at radius 2 is 0.571 bits per heavy atom. The van der Waals surface area contributed by atoms with Gasteiger partial charge < -0.3 is 9.47 Å². The molecule has 4 aromatic rings. The summed E-state index contributed by atoms with van der Waals surface area (Å²) in [4.78, 5) is 0. The normalized spacial score (nSPS) is 10.6. The third-order valence-corrected chi connectivity index (χ3v) is 15.3. The molecule has 0 radical (unpaired) electrons. The minimum Gasteiger partial charge on any atom is -0.493 e. The van der Waals surface area contributed by atoms with Crippen LogP contribution in [0.1, 0.15) is 221 Å². The fraction of sp³-hybridized carbons (Fsp3) is 0.463. The molecule has 0 aliphatic carbocycles. The van der Waals surface area contributed by atoms with E-state index in [1.54, 1.807) is 11.1 Å². The maximum Gasteiger partial charge on any atom is 0.122 e. The van der Waals surface area contributed by atoms with E-state index >= 15 is 0 Å². The molecule has 84 heavy (non-hydrogen) atoms. The Morgan fingerprint density at radius 1 is 0.310 bits per heavy atom. The molecule has 4 rings (SSSR count). The van der Waals surface area contributed by atoms with Crippen LogP contribution in [0.2, 0.25) is 0 Å². The minimum absolute atomic E-state index is 0.667. The summed E-state index contributed by atoms with van der Waals surface area (Å²) in [6.45, 7) is 50.1. The van der Waals surface area contributed by atoms with Crippen LogP contribution in [0, 0.1) is 55.4 Å². The van der Waals surface area contributed by atoms with E-state index in [-0.39, 0.29) is 0 Å². The van der Waals surface area contributed by atoms with Gasteiger partial charge in [-0.1, -0.05) is 134 Å². The van der Waals surface area contributed by atoms with E-state index in [1.165, 1.54) is 170 Å². The Kier molecular flexibility index (Phi) is 43.5. The molecular formula is C82H120O2. The van der Waals surface area contributed by atoms with Crippen molar-refractivity contribution >= 4 is 0 Å². The quantitative estimate of drug-likeness (QED) is 0.0253. The molecule has 0 N–H and O–H groups in total. The highest BCUT2D eigenvalue weighted by atomic mass is 16.5. The zero-order chi connectivity index (χ0) is 62.3. The number of aryl methyl sites for hydroxylation is 14. The molecule has 0 aliphatic rings. The van der Waals surface area contributed by atoms with Gasteiger partial charge in [-0.25, -0.2) is 0 Å². The lowest BCUT2D eigenvalue weighted by atomic mass is 9.93. The molecular weight excluding hydrogens is 1020 g/mol. The van der Waals surface area contributed by atoms with Crippen LogP contribution >= 0.6 is 0 Å². The molecule has 0 saturated heterocycles. The van der Waals surface area contributed by atoms with Gasteiger partial charge in [0.05, 0.1) is 13.2 Å². The second-order valence-corrected chi connectivity index (χ2v) is 23.6. The first kappa shape index (κ1) is 75.9. The summed E-state index contributed by atoms with van der Waals surface area (Å²) in [6, 6.07) is 18.5. The van der Waals surface area contributed by atoms with E-state index in [4.69, 9.17) is 9.47 Å². The van der Waals surface area contributed by atoms with E-state index in [2.05, 4.69) is 169 Å². The SMILES string of the molecule is C=CC=CCCCc1cc(C)c(CCCC=CC=C)cc1C.C=CCCCCc1cc(C)c(CCCCC=C)cc1C.C=CCCOc1cc(C)c(OCCC=C)cc1C.CC(C)=CCCCCc1cc(C)c(CCCCC=C(C)C)cc1C. The first-order valence-electron chi connectivity index (χ1n) is 32.4. The summed E-state index contributed by atoms with van der Waals surface area (Å²) in [5.41, 5.74) is 23.0. The van der Waals surface area contributed by atoms with Crippen molar-refractivity contribution in [3.8, 4) is 11.5 Å². The first-order valence-corrected chi connectivity index (χ1v) is 32.4. The molecule has 0 fully saturated rings. The van der Waals surface area contributed by atoms with Crippen molar-refractivity contribution in [1.82, 2.24) is 0 Å². The number of unbranched alkanes of at least 4 members (excludes halogenated alkanes) is 10. The zero-order valence-corrected chi connectivity index (χ0v) is 56.0. The van der Waals surface area contributed by atoms with Crippen LogP contribution in [-0.4, -0.2) is 13.2 Å². The van der Waals surface area contributed by atoms with Crippen LogP contribution in [0.25, 0.3) is 0 Å². The lowest BCUT2D eigenvalue weighted by Crippen LogP contribution is -2.01. The highest BCUT2D eigenvalue weighted by Gasteiger charge is 2.09. The van der Waals surface area contributed by atoms with Crippen LogP contribution in [0.15, 0.2) is 172 Å². The lowest BCUT2D eigenvalue weighted by Gasteiger charge is -2.13. The van der Waals surface area contributed by atoms with Crippen molar-refractivity contribution in [3.05, 3.63) is 250 Å². The van der Waals surface area contributed by atoms with Crippen molar-refractivity contribution in [2.45, 2.75) is 237 Å². The van der Waals surface area contributed by atoms with E-state index in [0.717, 1.165) is 74.0 Å². The van der Waals surface area contributed by atoms with E-state index in [1.807, 2.05) is 74.6 Å². The number of hydrogen-bond donors (Lipinski definition) is 0. The fourth-order valence-electron chi connectivity index (χ4n) is 10.1. The molecule has 0 aliphatic heterocycles. The number of benzene rings is 4. The van der Waals surface area contributed by atoms with Gasteiger partial charge in [-0.2, -0.15) is 0 Å². The van der Waals surface area contributed by atoms with Crippen molar-refractivity contribution in [2.75, 3.05) is 13.2 Å². The number of allylic oxidation sites excluding steroid dienone is 12. The lowest BCUT2D eigenvalue weighted by molar-refractivity contribution is 0.312. The molecule has 0 amide bonds. The Hall–Kier alpha value is -6.12. The molecule has 0 saturated carbocycles. The number of rotatable bonds is 38. The largest absolute Gasteiger partial charge is 0.493 e. The van der Waals surface area contributed by atoms with E-state index in [9.17, 15) is 0 Å². The van der Waals surface area contributed by atoms with Gasteiger partial charge in [0.2, 0.25) is 0 Å². The summed E-state index contributed by atoms with van der Waals surface area (Å²) in [5.74, 6) is 1.84.